The fourth-order valence-corrected chi connectivity index (χ4v) is 3.82. The molecule has 134 valence electrons. The van der Waals surface area contributed by atoms with Crippen LogP contribution < -0.4 is 0 Å². The van der Waals surface area contributed by atoms with E-state index in [0.717, 1.165) is 47.0 Å². The normalized spacial score (nSPS) is 17.5. The van der Waals surface area contributed by atoms with Gasteiger partial charge in [0.1, 0.15) is 5.69 Å². The molecule has 1 fully saturated rings. The van der Waals surface area contributed by atoms with Crippen LogP contribution in [-0.4, -0.2) is 44.1 Å². The van der Waals surface area contributed by atoms with Gasteiger partial charge in [0.25, 0.3) is 5.91 Å². The Kier molecular flexibility index (Phi) is 3.81. The second-order valence-electron chi connectivity index (χ2n) is 7.02. The molecule has 1 N–H and O–H groups in total. The number of fused-ring (bicyclic) bond motifs is 2. The van der Waals surface area contributed by atoms with Gasteiger partial charge in [0.05, 0.1) is 11.7 Å². The van der Waals surface area contributed by atoms with Crippen LogP contribution >= 0.6 is 0 Å². The van der Waals surface area contributed by atoms with Crippen LogP contribution in [-0.2, 0) is 0 Å². The number of carbonyl (C=O) groups excluding carboxylic acids is 1. The number of likely N-dealkylation sites (tertiary alicyclic amines) is 1. The Morgan fingerprint density at radius 3 is 2.89 bits per heavy atom. The van der Waals surface area contributed by atoms with E-state index >= 15 is 0 Å². The summed E-state index contributed by atoms with van der Waals surface area (Å²) in [5, 5.41) is 9.01. The van der Waals surface area contributed by atoms with Gasteiger partial charge in [-0.1, -0.05) is 24.3 Å². The summed E-state index contributed by atoms with van der Waals surface area (Å²) in [5.41, 5.74) is 3.16. The van der Waals surface area contributed by atoms with Gasteiger partial charge in [-0.15, -0.1) is 0 Å². The number of aromatic nitrogens is 4. The van der Waals surface area contributed by atoms with Gasteiger partial charge in [-0.3, -0.25) is 9.89 Å². The van der Waals surface area contributed by atoms with Crippen LogP contribution in [0.4, 0.5) is 0 Å². The first-order valence-electron chi connectivity index (χ1n) is 9.23. The average Bonchev–Trinajstić information content (AvgIpc) is 3.21. The van der Waals surface area contributed by atoms with Crippen molar-refractivity contribution in [2.24, 2.45) is 0 Å². The van der Waals surface area contributed by atoms with E-state index in [9.17, 15) is 4.79 Å². The Morgan fingerprint density at radius 1 is 1.04 bits per heavy atom. The van der Waals surface area contributed by atoms with Crippen molar-refractivity contribution in [2.75, 3.05) is 13.1 Å². The summed E-state index contributed by atoms with van der Waals surface area (Å²) in [6, 6.07) is 15.7. The van der Waals surface area contributed by atoms with Gasteiger partial charge in [0.15, 0.2) is 5.65 Å². The monoisotopic (exact) mass is 357 g/mol. The summed E-state index contributed by atoms with van der Waals surface area (Å²) in [7, 11) is 0. The molecule has 6 nitrogen and oxygen atoms in total. The van der Waals surface area contributed by atoms with E-state index < -0.39 is 0 Å². The highest BCUT2D eigenvalue weighted by molar-refractivity contribution is 5.95. The van der Waals surface area contributed by atoms with Gasteiger partial charge in [0.2, 0.25) is 0 Å². The molecule has 5 rings (SSSR count). The molecule has 0 bridgehead atoms. The van der Waals surface area contributed by atoms with E-state index in [1.54, 1.807) is 6.20 Å². The van der Waals surface area contributed by atoms with Crippen LogP contribution in [0.5, 0.6) is 0 Å². The molecule has 0 spiro atoms. The maximum atomic E-state index is 13.0. The van der Waals surface area contributed by atoms with E-state index in [1.165, 1.54) is 0 Å². The Labute approximate surface area is 156 Å². The Balaban J connectivity index is 1.39. The number of aromatic amines is 1. The quantitative estimate of drug-likeness (QED) is 0.595. The molecule has 1 atom stereocenters. The average molecular weight is 357 g/mol. The maximum absolute atomic E-state index is 13.0. The van der Waals surface area contributed by atoms with E-state index in [4.69, 9.17) is 4.98 Å². The second-order valence-corrected chi connectivity index (χ2v) is 7.02. The van der Waals surface area contributed by atoms with Gasteiger partial charge in [-0.05, 0) is 37.1 Å². The van der Waals surface area contributed by atoms with Gasteiger partial charge >= 0.3 is 0 Å². The zero-order chi connectivity index (χ0) is 18.2. The first kappa shape index (κ1) is 15.9. The lowest BCUT2D eigenvalue weighted by Gasteiger charge is -2.32. The SMILES string of the molecule is O=C(c1ccc2ccccc2n1)N1CCC[C@@H](c2ccc3cn[nH]c3n2)C1. The number of H-pyrrole nitrogens is 1. The van der Waals surface area contributed by atoms with E-state index in [2.05, 4.69) is 15.2 Å². The molecule has 1 aliphatic heterocycles. The minimum absolute atomic E-state index is 0.00642. The van der Waals surface area contributed by atoms with E-state index in [0.29, 0.717) is 12.2 Å². The molecule has 1 saturated heterocycles. The van der Waals surface area contributed by atoms with Crippen molar-refractivity contribution in [3.63, 3.8) is 0 Å². The lowest BCUT2D eigenvalue weighted by atomic mass is 9.94. The molecule has 0 aliphatic carbocycles. The molecule has 3 aromatic heterocycles. The van der Waals surface area contributed by atoms with Crippen LogP contribution in [0.2, 0.25) is 0 Å². The van der Waals surface area contributed by atoms with Gasteiger partial charge in [-0.2, -0.15) is 5.10 Å². The zero-order valence-corrected chi connectivity index (χ0v) is 14.8. The molecule has 0 unspecified atom stereocenters. The Hall–Kier alpha value is -3.28. The van der Waals surface area contributed by atoms with Gasteiger partial charge < -0.3 is 4.90 Å². The molecular formula is C21H19N5O. The third kappa shape index (κ3) is 2.93. The van der Waals surface area contributed by atoms with Crippen molar-refractivity contribution in [1.29, 1.82) is 0 Å². The molecule has 6 heteroatoms. The van der Waals surface area contributed by atoms with Crippen LogP contribution in [0.3, 0.4) is 0 Å². The highest BCUT2D eigenvalue weighted by Gasteiger charge is 2.27. The summed E-state index contributed by atoms with van der Waals surface area (Å²) in [6.45, 7) is 1.43. The second kappa shape index (κ2) is 6.46. The summed E-state index contributed by atoms with van der Waals surface area (Å²) in [5.74, 6) is 0.226. The van der Waals surface area contributed by atoms with Crippen molar-refractivity contribution in [1.82, 2.24) is 25.1 Å². The number of para-hydroxylation sites is 1. The van der Waals surface area contributed by atoms with Gasteiger partial charge in [-0.25, -0.2) is 9.97 Å². The standard InChI is InChI=1S/C21H19N5O/c27-21(19-10-7-14-4-1-2-6-17(14)23-19)26-11-3-5-16(13-26)18-9-8-15-12-22-25-20(15)24-18/h1-2,4,6-10,12,16H,3,5,11,13H2,(H,22,24,25)/t16-/m1/s1. The molecule has 0 radical (unpaired) electrons. The first-order chi connectivity index (χ1) is 13.3. The molecule has 4 aromatic rings. The highest BCUT2D eigenvalue weighted by atomic mass is 16.2. The third-order valence-electron chi connectivity index (χ3n) is 5.27. The molecule has 1 aromatic carbocycles. The molecule has 0 saturated carbocycles. The predicted octanol–water partition coefficient (Wildman–Crippen LogP) is 3.53. The Bertz CT molecular complexity index is 1140. The number of carbonyl (C=O) groups is 1. The van der Waals surface area contributed by atoms with Crippen LogP contribution in [0, 0.1) is 0 Å². The highest BCUT2D eigenvalue weighted by Crippen LogP contribution is 2.27. The third-order valence-corrected chi connectivity index (χ3v) is 5.27. The number of pyridine rings is 2. The van der Waals surface area contributed by atoms with Crippen molar-refractivity contribution in [3.05, 3.63) is 66.1 Å². The number of hydrogen-bond donors (Lipinski definition) is 1. The van der Waals surface area contributed by atoms with Crippen LogP contribution in [0.15, 0.2) is 54.7 Å². The molecular weight excluding hydrogens is 338 g/mol. The van der Waals surface area contributed by atoms with Gasteiger partial charge in [0, 0.05) is 35.5 Å². The van der Waals surface area contributed by atoms with Crippen LogP contribution in [0.1, 0.15) is 34.9 Å². The predicted molar refractivity (Wildman–Crippen MR) is 104 cm³/mol. The molecule has 4 heterocycles. The van der Waals surface area contributed by atoms with E-state index in [1.807, 2.05) is 53.4 Å². The zero-order valence-electron chi connectivity index (χ0n) is 14.8. The Morgan fingerprint density at radius 2 is 1.93 bits per heavy atom. The fraction of sp³-hybridized carbons (Fsp3) is 0.238. The smallest absolute Gasteiger partial charge is 0.272 e. The number of rotatable bonds is 2. The number of benzene rings is 1. The van der Waals surface area contributed by atoms with Crippen molar-refractivity contribution in [2.45, 2.75) is 18.8 Å². The minimum Gasteiger partial charge on any atom is -0.337 e. The number of amides is 1. The summed E-state index contributed by atoms with van der Waals surface area (Å²) >= 11 is 0. The molecule has 1 amide bonds. The van der Waals surface area contributed by atoms with E-state index in [-0.39, 0.29) is 11.8 Å². The lowest BCUT2D eigenvalue weighted by Crippen LogP contribution is -2.39. The number of nitrogens with zero attached hydrogens (tertiary/aromatic N) is 4. The number of nitrogens with one attached hydrogen (secondary N) is 1. The van der Waals surface area contributed by atoms with Crippen molar-refractivity contribution in [3.8, 4) is 0 Å². The summed E-state index contributed by atoms with van der Waals surface area (Å²) in [4.78, 5) is 24.2. The largest absolute Gasteiger partial charge is 0.337 e. The lowest BCUT2D eigenvalue weighted by molar-refractivity contribution is 0.0700. The summed E-state index contributed by atoms with van der Waals surface area (Å²) < 4.78 is 0. The topological polar surface area (TPSA) is 74.8 Å². The fourth-order valence-electron chi connectivity index (χ4n) is 3.82. The molecule has 27 heavy (non-hydrogen) atoms. The van der Waals surface area contributed by atoms with Crippen molar-refractivity contribution < 1.29 is 4.79 Å². The van der Waals surface area contributed by atoms with Crippen molar-refractivity contribution >= 4 is 27.8 Å². The molecule has 1 aliphatic rings. The summed E-state index contributed by atoms with van der Waals surface area (Å²) in [6.07, 6.45) is 3.77. The maximum Gasteiger partial charge on any atom is 0.272 e. The minimum atomic E-state index is -0.00642. The first-order valence-corrected chi connectivity index (χ1v) is 9.23. The number of hydrogen-bond acceptors (Lipinski definition) is 4. The number of piperidine rings is 1. The van der Waals surface area contributed by atoms with Crippen LogP contribution in [0.25, 0.3) is 21.9 Å².